The van der Waals surface area contributed by atoms with Crippen LogP contribution in [0.15, 0.2) is 35.9 Å². The molecular formula is C8H9FO. The molecule has 10 heavy (non-hydrogen) atoms. The predicted molar refractivity (Wildman–Crippen MR) is 38.0 cm³/mol. The molecule has 0 heterocycles. The van der Waals surface area contributed by atoms with Crippen molar-refractivity contribution in [2.24, 2.45) is 0 Å². The average molecular weight is 140 g/mol. The number of halogens is 1. The molecule has 0 aromatic rings. The Balaban J connectivity index is 2.75. The van der Waals surface area contributed by atoms with E-state index in [0.29, 0.717) is 12.2 Å². The average Bonchev–Trinajstić information content (AvgIpc) is 2.14. The van der Waals surface area contributed by atoms with Gasteiger partial charge in [-0.3, -0.25) is 0 Å². The van der Waals surface area contributed by atoms with Gasteiger partial charge in [-0.1, -0.05) is 6.08 Å². The van der Waals surface area contributed by atoms with Crippen molar-refractivity contribution >= 4 is 0 Å². The molecule has 0 radical (unpaired) electrons. The van der Waals surface area contributed by atoms with Gasteiger partial charge in [-0.2, -0.15) is 0 Å². The van der Waals surface area contributed by atoms with Crippen molar-refractivity contribution in [3.8, 4) is 0 Å². The minimum atomic E-state index is -0.136. The van der Waals surface area contributed by atoms with E-state index in [4.69, 9.17) is 4.74 Å². The van der Waals surface area contributed by atoms with Crippen molar-refractivity contribution < 1.29 is 9.13 Å². The van der Waals surface area contributed by atoms with E-state index in [1.807, 2.05) is 0 Å². The number of hydrogen-bond donors (Lipinski definition) is 0. The number of methoxy groups -OCH3 is 1. The third kappa shape index (κ3) is 1.72. The van der Waals surface area contributed by atoms with Crippen LogP contribution < -0.4 is 0 Å². The summed E-state index contributed by atoms with van der Waals surface area (Å²) in [7, 11) is 1.56. The summed E-state index contributed by atoms with van der Waals surface area (Å²) in [4.78, 5) is 0. The smallest absolute Gasteiger partial charge is 0.118 e. The van der Waals surface area contributed by atoms with Crippen LogP contribution in [-0.2, 0) is 4.74 Å². The molecule has 0 aromatic carbocycles. The summed E-state index contributed by atoms with van der Waals surface area (Å²) in [6.45, 7) is 0. The quantitative estimate of drug-likeness (QED) is 0.543. The topological polar surface area (TPSA) is 9.23 Å². The molecule has 0 saturated carbocycles. The first-order valence-electron chi connectivity index (χ1n) is 3.10. The third-order valence-corrected chi connectivity index (χ3v) is 1.26. The van der Waals surface area contributed by atoms with Crippen LogP contribution in [0.1, 0.15) is 6.42 Å². The number of ether oxygens (including phenoxy) is 1. The highest BCUT2D eigenvalue weighted by atomic mass is 19.1. The van der Waals surface area contributed by atoms with Gasteiger partial charge in [-0.05, 0) is 18.2 Å². The van der Waals surface area contributed by atoms with Crippen molar-refractivity contribution in [3.63, 3.8) is 0 Å². The molecule has 0 bridgehead atoms. The third-order valence-electron chi connectivity index (χ3n) is 1.26. The van der Waals surface area contributed by atoms with Gasteiger partial charge >= 0.3 is 0 Å². The first kappa shape index (κ1) is 7.06. The maximum absolute atomic E-state index is 12.5. The first-order valence-corrected chi connectivity index (χ1v) is 3.10. The molecule has 0 N–H and O–H groups in total. The number of rotatable bonds is 1. The molecule has 1 rings (SSSR count). The fourth-order valence-corrected chi connectivity index (χ4v) is 0.720. The second-order valence-corrected chi connectivity index (χ2v) is 1.99. The fourth-order valence-electron chi connectivity index (χ4n) is 0.720. The zero-order chi connectivity index (χ0) is 7.40. The molecule has 0 unspecified atom stereocenters. The maximum Gasteiger partial charge on any atom is 0.118 e. The van der Waals surface area contributed by atoms with Crippen LogP contribution >= 0.6 is 0 Å². The molecule has 0 spiro atoms. The molecule has 54 valence electrons. The van der Waals surface area contributed by atoms with Gasteiger partial charge in [0.2, 0.25) is 0 Å². The van der Waals surface area contributed by atoms with Crippen molar-refractivity contribution in [1.82, 2.24) is 0 Å². The lowest BCUT2D eigenvalue weighted by Gasteiger charge is -1.94. The molecule has 0 atom stereocenters. The zero-order valence-corrected chi connectivity index (χ0v) is 5.80. The second kappa shape index (κ2) is 3.20. The highest BCUT2D eigenvalue weighted by Gasteiger charge is 1.95. The van der Waals surface area contributed by atoms with Gasteiger partial charge in [0.05, 0.1) is 7.11 Å². The minimum absolute atomic E-state index is 0.136. The number of allylic oxidation sites excluding steroid dienone is 5. The lowest BCUT2D eigenvalue weighted by Crippen LogP contribution is -1.77. The maximum atomic E-state index is 12.5. The summed E-state index contributed by atoms with van der Waals surface area (Å²) in [6, 6.07) is 0. The van der Waals surface area contributed by atoms with Gasteiger partial charge in [0, 0.05) is 6.42 Å². The Hall–Kier alpha value is -1.05. The summed E-state index contributed by atoms with van der Waals surface area (Å²) in [6.07, 6.45) is 6.87. The van der Waals surface area contributed by atoms with Crippen LogP contribution in [0.3, 0.4) is 0 Å². The molecule has 2 heteroatoms. The Labute approximate surface area is 59.5 Å². The molecule has 0 aromatic heterocycles. The van der Waals surface area contributed by atoms with Crippen molar-refractivity contribution in [2.45, 2.75) is 6.42 Å². The van der Waals surface area contributed by atoms with Gasteiger partial charge < -0.3 is 4.74 Å². The fraction of sp³-hybridized carbons (Fsp3) is 0.250. The van der Waals surface area contributed by atoms with E-state index in [2.05, 4.69) is 0 Å². The number of hydrogen-bond acceptors (Lipinski definition) is 1. The Kier molecular flexibility index (Phi) is 2.26. The predicted octanol–water partition coefficient (Wildman–Crippen LogP) is 2.33. The van der Waals surface area contributed by atoms with Gasteiger partial charge in [-0.15, -0.1) is 0 Å². The molecule has 0 amide bonds. The Morgan fingerprint density at radius 2 is 2.30 bits per heavy atom. The van der Waals surface area contributed by atoms with E-state index in [0.717, 1.165) is 0 Å². The SMILES string of the molecule is COC1=CC=C(F)CC=C1. The second-order valence-electron chi connectivity index (χ2n) is 1.99. The van der Waals surface area contributed by atoms with Crippen LogP contribution in [0, 0.1) is 0 Å². The first-order chi connectivity index (χ1) is 4.83. The lowest BCUT2D eigenvalue weighted by atomic mass is 10.3. The monoisotopic (exact) mass is 140 g/mol. The van der Waals surface area contributed by atoms with Crippen LogP contribution in [0.2, 0.25) is 0 Å². The van der Waals surface area contributed by atoms with Gasteiger partial charge in [0.25, 0.3) is 0 Å². The molecule has 0 saturated heterocycles. The van der Waals surface area contributed by atoms with Crippen molar-refractivity contribution in [3.05, 3.63) is 35.9 Å². The molecule has 1 aliphatic carbocycles. The molecule has 1 aliphatic rings. The van der Waals surface area contributed by atoms with E-state index in [1.54, 1.807) is 25.3 Å². The Morgan fingerprint density at radius 1 is 1.50 bits per heavy atom. The van der Waals surface area contributed by atoms with Gasteiger partial charge in [0.15, 0.2) is 0 Å². The highest BCUT2D eigenvalue weighted by Crippen LogP contribution is 2.11. The molecule has 0 aliphatic heterocycles. The van der Waals surface area contributed by atoms with Crippen LogP contribution in [0.4, 0.5) is 4.39 Å². The summed E-state index contributed by atoms with van der Waals surface area (Å²) in [5.74, 6) is 0.552. The van der Waals surface area contributed by atoms with E-state index < -0.39 is 0 Å². The highest BCUT2D eigenvalue weighted by molar-refractivity contribution is 5.24. The van der Waals surface area contributed by atoms with Crippen molar-refractivity contribution in [2.75, 3.05) is 7.11 Å². The van der Waals surface area contributed by atoms with E-state index in [1.165, 1.54) is 6.08 Å². The standard InChI is InChI=1S/C8H9FO/c1-10-8-4-2-3-7(9)5-6-8/h2,4-6H,3H2,1H3. The van der Waals surface area contributed by atoms with Crippen molar-refractivity contribution in [1.29, 1.82) is 0 Å². The summed E-state index contributed by atoms with van der Waals surface area (Å²) >= 11 is 0. The lowest BCUT2D eigenvalue weighted by molar-refractivity contribution is 0.307. The summed E-state index contributed by atoms with van der Waals surface area (Å²) < 4.78 is 17.3. The summed E-state index contributed by atoms with van der Waals surface area (Å²) in [5.41, 5.74) is 0. The Bertz CT molecular complexity index is 201. The minimum Gasteiger partial charge on any atom is -0.497 e. The van der Waals surface area contributed by atoms with Crippen LogP contribution in [0.5, 0.6) is 0 Å². The largest absolute Gasteiger partial charge is 0.497 e. The molecule has 1 nitrogen and oxygen atoms in total. The Morgan fingerprint density at radius 3 is 3.00 bits per heavy atom. The van der Waals surface area contributed by atoms with Gasteiger partial charge in [0.1, 0.15) is 11.6 Å². The normalized spacial score (nSPS) is 17.4. The van der Waals surface area contributed by atoms with Crippen LogP contribution in [0.25, 0.3) is 0 Å². The summed E-state index contributed by atoms with van der Waals surface area (Å²) in [5, 5.41) is 0. The molecular weight excluding hydrogens is 131 g/mol. The molecule has 0 fully saturated rings. The van der Waals surface area contributed by atoms with Gasteiger partial charge in [-0.25, -0.2) is 4.39 Å². The zero-order valence-electron chi connectivity index (χ0n) is 5.80. The van der Waals surface area contributed by atoms with E-state index >= 15 is 0 Å². The van der Waals surface area contributed by atoms with Crippen LogP contribution in [-0.4, -0.2) is 7.11 Å². The van der Waals surface area contributed by atoms with E-state index in [-0.39, 0.29) is 5.83 Å². The van der Waals surface area contributed by atoms with E-state index in [9.17, 15) is 4.39 Å².